The molecule has 2 heteroatoms. The molecule has 0 spiro atoms. The number of nitrogens with zero attached hydrogens (tertiary/aromatic N) is 2. The maximum Gasteiger partial charge on any atom is 0.0251 e. The summed E-state index contributed by atoms with van der Waals surface area (Å²) in [6.07, 6.45) is 13.2. The highest BCUT2D eigenvalue weighted by Crippen LogP contribution is 2.31. The van der Waals surface area contributed by atoms with Gasteiger partial charge in [-0.1, -0.05) is 19.3 Å². The molecule has 0 unspecified atom stereocenters. The smallest absolute Gasteiger partial charge is 0.0251 e. The largest absolute Gasteiger partial charge is 0.299 e. The Bertz CT molecular complexity index is 205. The van der Waals surface area contributed by atoms with E-state index in [2.05, 4.69) is 9.80 Å². The Morgan fingerprint density at radius 3 is 1.29 bits per heavy atom. The van der Waals surface area contributed by atoms with Crippen molar-refractivity contribution < 1.29 is 0 Å². The minimum Gasteiger partial charge on any atom is -0.299 e. The van der Waals surface area contributed by atoms with Crippen molar-refractivity contribution in [2.45, 2.75) is 69.9 Å². The van der Waals surface area contributed by atoms with Gasteiger partial charge >= 0.3 is 0 Å². The van der Waals surface area contributed by atoms with E-state index < -0.39 is 0 Å². The molecule has 0 amide bonds. The Labute approximate surface area is 106 Å². The van der Waals surface area contributed by atoms with Crippen LogP contribution in [-0.2, 0) is 0 Å². The molecule has 0 aromatic heterocycles. The average Bonchev–Trinajstić information content (AvgIpc) is 2.90. The van der Waals surface area contributed by atoms with Crippen molar-refractivity contribution in [3.63, 3.8) is 0 Å². The quantitative estimate of drug-likeness (QED) is 0.727. The summed E-state index contributed by atoms with van der Waals surface area (Å²) in [4.78, 5) is 5.66. The van der Waals surface area contributed by atoms with Crippen LogP contribution in [0.5, 0.6) is 0 Å². The lowest BCUT2D eigenvalue weighted by molar-refractivity contribution is 0.0709. The van der Waals surface area contributed by atoms with Crippen LogP contribution in [0, 0.1) is 0 Å². The highest BCUT2D eigenvalue weighted by molar-refractivity contribution is 4.93. The predicted octanol–water partition coefficient (Wildman–Crippen LogP) is 2.88. The van der Waals surface area contributed by atoms with Crippen molar-refractivity contribution in [3.8, 4) is 0 Å². The second-order valence-electron chi connectivity index (χ2n) is 6.26. The molecule has 2 saturated heterocycles. The molecular formula is C15H28N2. The molecule has 3 fully saturated rings. The van der Waals surface area contributed by atoms with Crippen LogP contribution >= 0.6 is 0 Å². The van der Waals surface area contributed by atoms with Crippen LogP contribution in [0.25, 0.3) is 0 Å². The second kappa shape index (κ2) is 5.71. The van der Waals surface area contributed by atoms with Crippen LogP contribution in [0.15, 0.2) is 0 Å². The highest BCUT2D eigenvalue weighted by atomic mass is 15.3. The fraction of sp³-hybridized carbons (Fsp3) is 1.00. The van der Waals surface area contributed by atoms with Gasteiger partial charge in [0.05, 0.1) is 0 Å². The lowest BCUT2D eigenvalue weighted by atomic mass is 10.0. The maximum absolute atomic E-state index is 2.83. The standard InChI is InChI=1S/C15H28N2/c1-3-10-16(11-4-1)14-8-7-9-15(14)17-12-5-2-6-13-17/h14-15H,1-13H2/t14-,15+. The number of piperidine rings is 2. The van der Waals surface area contributed by atoms with Crippen molar-refractivity contribution in [2.75, 3.05) is 26.2 Å². The fourth-order valence-corrected chi connectivity index (χ4v) is 4.27. The molecule has 17 heavy (non-hydrogen) atoms. The van der Waals surface area contributed by atoms with Crippen molar-refractivity contribution in [1.82, 2.24) is 9.80 Å². The van der Waals surface area contributed by atoms with Gasteiger partial charge in [0.25, 0.3) is 0 Å². The first-order valence-corrected chi connectivity index (χ1v) is 7.93. The van der Waals surface area contributed by atoms with Crippen LogP contribution < -0.4 is 0 Å². The predicted molar refractivity (Wildman–Crippen MR) is 72.3 cm³/mol. The van der Waals surface area contributed by atoms with Crippen LogP contribution in [0.4, 0.5) is 0 Å². The van der Waals surface area contributed by atoms with E-state index in [-0.39, 0.29) is 0 Å². The first kappa shape index (κ1) is 12.0. The van der Waals surface area contributed by atoms with E-state index in [1.807, 2.05) is 0 Å². The first-order chi connectivity index (χ1) is 8.45. The van der Waals surface area contributed by atoms with Crippen LogP contribution in [0.3, 0.4) is 0 Å². The van der Waals surface area contributed by atoms with Crippen LogP contribution in [0.1, 0.15) is 57.8 Å². The van der Waals surface area contributed by atoms with E-state index in [1.54, 1.807) is 0 Å². The molecule has 0 aromatic carbocycles. The number of hydrogen-bond donors (Lipinski definition) is 0. The van der Waals surface area contributed by atoms with Gasteiger partial charge in [0.2, 0.25) is 0 Å². The monoisotopic (exact) mass is 236 g/mol. The SMILES string of the molecule is C1CCN([C@@H]2CCC[C@@H]2N2CCCCC2)CC1. The van der Waals surface area contributed by atoms with Gasteiger partial charge in [0, 0.05) is 12.1 Å². The Morgan fingerprint density at radius 2 is 0.882 bits per heavy atom. The van der Waals surface area contributed by atoms with Crippen molar-refractivity contribution in [3.05, 3.63) is 0 Å². The third kappa shape index (κ3) is 2.68. The molecule has 2 nitrogen and oxygen atoms in total. The minimum atomic E-state index is 0.911. The molecule has 0 N–H and O–H groups in total. The zero-order valence-corrected chi connectivity index (χ0v) is 11.2. The van der Waals surface area contributed by atoms with Crippen LogP contribution in [0.2, 0.25) is 0 Å². The van der Waals surface area contributed by atoms with Gasteiger partial charge in [-0.3, -0.25) is 9.80 Å². The van der Waals surface area contributed by atoms with Crippen molar-refractivity contribution in [2.24, 2.45) is 0 Å². The molecule has 0 radical (unpaired) electrons. The van der Waals surface area contributed by atoms with Crippen molar-refractivity contribution >= 4 is 0 Å². The minimum absolute atomic E-state index is 0.911. The summed E-state index contributed by atoms with van der Waals surface area (Å²) in [5, 5.41) is 0. The number of hydrogen-bond acceptors (Lipinski definition) is 2. The van der Waals surface area contributed by atoms with Gasteiger partial charge in [-0.2, -0.15) is 0 Å². The fourth-order valence-electron chi connectivity index (χ4n) is 4.27. The summed E-state index contributed by atoms with van der Waals surface area (Å²) in [5.74, 6) is 0. The Hall–Kier alpha value is -0.0800. The normalized spacial score (nSPS) is 37.4. The zero-order valence-electron chi connectivity index (χ0n) is 11.2. The molecule has 1 saturated carbocycles. The van der Waals surface area contributed by atoms with E-state index >= 15 is 0 Å². The first-order valence-electron chi connectivity index (χ1n) is 7.93. The molecular weight excluding hydrogens is 208 g/mol. The molecule has 2 atom stereocenters. The van der Waals surface area contributed by atoms with Gasteiger partial charge in [-0.25, -0.2) is 0 Å². The summed E-state index contributed by atoms with van der Waals surface area (Å²) in [6, 6.07) is 1.82. The molecule has 98 valence electrons. The Kier molecular flexibility index (Phi) is 4.02. The average molecular weight is 236 g/mol. The molecule has 1 aliphatic carbocycles. The lowest BCUT2D eigenvalue weighted by Gasteiger charge is -2.41. The topological polar surface area (TPSA) is 6.48 Å². The zero-order chi connectivity index (χ0) is 11.5. The van der Waals surface area contributed by atoms with Gasteiger partial charge < -0.3 is 0 Å². The maximum atomic E-state index is 2.83. The summed E-state index contributed by atoms with van der Waals surface area (Å²) in [5.41, 5.74) is 0. The number of rotatable bonds is 2. The summed E-state index contributed by atoms with van der Waals surface area (Å²) in [7, 11) is 0. The van der Waals surface area contributed by atoms with Gasteiger partial charge in [-0.15, -0.1) is 0 Å². The van der Waals surface area contributed by atoms with E-state index in [0.29, 0.717) is 0 Å². The van der Waals surface area contributed by atoms with E-state index in [9.17, 15) is 0 Å². The molecule has 2 aliphatic heterocycles. The van der Waals surface area contributed by atoms with Crippen LogP contribution in [-0.4, -0.2) is 48.1 Å². The van der Waals surface area contributed by atoms with Gasteiger partial charge in [-0.05, 0) is 64.7 Å². The summed E-state index contributed by atoms with van der Waals surface area (Å²) in [6.45, 7) is 5.54. The molecule has 3 aliphatic rings. The third-order valence-corrected chi connectivity index (χ3v) is 5.16. The van der Waals surface area contributed by atoms with Crippen molar-refractivity contribution in [1.29, 1.82) is 0 Å². The molecule has 3 rings (SSSR count). The highest BCUT2D eigenvalue weighted by Gasteiger charge is 2.36. The van der Waals surface area contributed by atoms with E-state index in [4.69, 9.17) is 0 Å². The van der Waals surface area contributed by atoms with Gasteiger partial charge in [0.1, 0.15) is 0 Å². The Morgan fingerprint density at radius 1 is 0.471 bits per heavy atom. The third-order valence-electron chi connectivity index (χ3n) is 5.16. The molecule has 2 heterocycles. The van der Waals surface area contributed by atoms with E-state index in [0.717, 1.165) is 12.1 Å². The van der Waals surface area contributed by atoms with E-state index in [1.165, 1.54) is 84.0 Å². The second-order valence-corrected chi connectivity index (χ2v) is 6.26. The number of likely N-dealkylation sites (tertiary alicyclic amines) is 2. The Balaban J connectivity index is 1.61. The molecule has 0 bridgehead atoms. The molecule has 0 aromatic rings. The summed E-state index contributed by atoms with van der Waals surface area (Å²) >= 11 is 0. The summed E-state index contributed by atoms with van der Waals surface area (Å²) < 4.78 is 0. The van der Waals surface area contributed by atoms with Gasteiger partial charge in [0.15, 0.2) is 0 Å². The lowest BCUT2D eigenvalue weighted by Crippen LogP contribution is -2.51.